The summed E-state index contributed by atoms with van der Waals surface area (Å²) in [6.07, 6.45) is 2.29. The van der Waals surface area contributed by atoms with E-state index in [0.717, 1.165) is 43.6 Å². The lowest BCUT2D eigenvalue weighted by molar-refractivity contribution is -0.0390. The van der Waals surface area contributed by atoms with Gasteiger partial charge in [-0.05, 0) is 55.5 Å². The normalized spacial score (nSPS) is 15.8. The molecule has 1 saturated heterocycles. The molecule has 7 heteroatoms. The molecule has 31 heavy (non-hydrogen) atoms. The van der Waals surface area contributed by atoms with Gasteiger partial charge in [-0.1, -0.05) is 48.0 Å². The van der Waals surface area contributed by atoms with Crippen LogP contribution in [0, 0.1) is 0 Å². The highest BCUT2D eigenvalue weighted by molar-refractivity contribution is 14.0. The van der Waals surface area contributed by atoms with E-state index in [1.165, 1.54) is 16.7 Å². The first kappa shape index (κ1) is 25.9. The van der Waals surface area contributed by atoms with Gasteiger partial charge in [0.1, 0.15) is 0 Å². The summed E-state index contributed by atoms with van der Waals surface area (Å²) >= 11 is 5.99. The minimum atomic E-state index is 0. The minimum Gasteiger partial charge on any atom is -0.381 e. The summed E-state index contributed by atoms with van der Waals surface area (Å²) in [5.41, 5.74) is 3.52. The Hall–Kier alpha value is -1.35. The highest BCUT2D eigenvalue weighted by atomic mass is 127. The maximum atomic E-state index is 6.00. The molecule has 2 aromatic carbocycles. The second-order valence-electron chi connectivity index (χ2n) is 7.55. The predicted molar refractivity (Wildman–Crippen MR) is 138 cm³/mol. The number of aliphatic imine (C=N–C) groups is 1. The van der Waals surface area contributed by atoms with Gasteiger partial charge in [0.05, 0.1) is 25.3 Å². The molecule has 0 saturated carbocycles. The highest BCUT2D eigenvalue weighted by Crippen LogP contribution is 2.16. The fourth-order valence-corrected chi connectivity index (χ4v) is 3.45. The third-order valence-electron chi connectivity index (χ3n) is 5.16. The van der Waals surface area contributed by atoms with Crippen molar-refractivity contribution in [2.45, 2.75) is 52.0 Å². The number of hydrogen-bond acceptors (Lipinski definition) is 3. The number of rotatable bonds is 8. The molecule has 170 valence electrons. The van der Waals surface area contributed by atoms with E-state index in [-0.39, 0.29) is 30.0 Å². The summed E-state index contributed by atoms with van der Waals surface area (Å²) in [4.78, 5) is 4.74. The van der Waals surface area contributed by atoms with Gasteiger partial charge in [0, 0.05) is 24.8 Å². The molecule has 1 heterocycles. The Kier molecular flexibility index (Phi) is 11.6. The van der Waals surface area contributed by atoms with Crippen LogP contribution in [0.5, 0.6) is 0 Å². The summed E-state index contributed by atoms with van der Waals surface area (Å²) in [5, 5.41) is 7.52. The second-order valence-corrected chi connectivity index (χ2v) is 7.99. The molecule has 1 fully saturated rings. The Morgan fingerprint density at radius 1 is 1.10 bits per heavy atom. The van der Waals surface area contributed by atoms with Gasteiger partial charge in [-0.3, -0.25) is 0 Å². The number of benzene rings is 2. The van der Waals surface area contributed by atoms with Crippen LogP contribution in [0.4, 0.5) is 0 Å². The number of halogens is 2. The number of hydrogen-bond donors (Lipinski definition) is 2. The van der Waals surface area contributed by atoms with Gasteiger partial charge in [-0.25, -0.2) is 4.99 Å². The molecule has 1 unspecified atom stereocenters. The smallest absolute Gasteiger partial charge is 0.192 e. The molecule has 1 aliphatic heterocycles. The van der Waals surface area contributed by atoms with E-state index in [0.29, 0.717) is 19.3 Å². The molecule has 0 aromatic heterocycles. The summed E-state index contributed by atoms with van der Waals surface area (Å²) in [7, 11) is 0. The van der Waals surface area contributed by atoms with Crippen LogP contribution in [0.2, 0.25) is 5.02 Å². The lowest BCUT2D eigenvalue weighted by atomic mass is 10.1. The number of nitrogens with zero attached hydrogens (tertiary/aromatic N) is 1. The molecule has 2 aromatic rings. The van der Waals surface area contributed by atoms with Gasteiger partial charge >= 0.3 is 0 Å². The average Bonchev–Trinajstić information content (AvgIpc) is 2.78. The zero-order valence-electron chi connectivity index (χ0n) is 18.3. The number of ether oxygens (including phenoxy) is 2. The number of nitrogens with one attached hydrogen (secondary N) is 2. The monoisotopic (exact) mass is 557 g/mol. The quantitative estimate of drug-likeness (QED) is 0.257. The molecule has 1 atom stereocenters. The van der Waals surface area contributed by atoms with Gasteiger partial charge < -0.3 is 20.1 Å². The molecular weight excluding hydrogens is 525 g/mol. The van der Waals surface area contributed by atoms with Crippen molar-refractivity contribution in [3.63, 3.8) is 0 Å². The Morgan fingerprint density at radius 3 is 2.39 bits per heavy atom. The van der Waals surface area contributed by atoms with Crippen molar-refractivity contribution in [2.75, 3.05) is 19.8 Å². The Bertz CT molecular complexity index is 793. The molecule has 5 nitrogen and oxygen atoms in total. The summed E-state index contributed by atoms with van der Waals surface area (Å²) in [6, 6.07) is 16.5. The number of guanidine groups is 1. The van der Waals surface area contributed by atoms with Crippen molar-refractivity contribution in [3.8, 4) is 0 Å². The third-order valence-corrected chi connectivity index (χ3v) is 5.42. The fourth-order valence-electron chi connectivity index (χ4n) is 3.33. The maximum absolute atomic E-state index is 6.00. The molecule has 0 aliphatic carbocycles. The van der Waals surface area contributed by atoms with E-state index in [2.05, 4.69) is 48.7 Å². The first-order valence-electron chi connectivity index (χ1n) is 10.7. The van der Waals surface area contributed by atoms with Crippen molar-refractivity contribution in [3.05, 3.63) is 70.2 Å². The summed E-state index contributed by atoms with van der Waals surface area (Å²) < 4.78 is 11.4. The zero-order valence-corrected chi connectivity index (χ0v) is 21.4. The van der Waals surface area contributed by atoms with E-state index in [4.69, 9.17) is 26.1 Å². The van der Waals surface area contributed by atoms with Gasteiger partial charge in [-0.2, -0.15) is 0 Å². The van der Waals surface area contributed by atoms with E-state index in [1.54, 1.807) is 0 Å². The standard InChI is InChI=1S/C24H32ClN3O2.HI/c1-3-26-24(28-18(2)21-8-10-22(25)11-9-21)27-16-19-4-6-20(7-5-19)17-30-23-12-14-29-15-13-23;/h4-11,18,23H,3,12-17H2,1-2H3,(H2,26,27,28);1H. The molecule has 0 amide bonds. The molecular formula is C24H33ClIN3O2. The van der Waals surface area contributed by atoms with E-state index >= 15 is 0 Å². The largest absolute Gasteiger partial charge is 0.381 e. The molecule has 2 N–H and O–H groups in total. The Balaban J connectivity index is 0.00000341. The average molecular weight is 558 g/mol. The van der Waals surface area contributed by atoms with Crippen LogP contribution in [-0.2, 0) is 22.6 Å². The second kappa shape index (κ2) is 13.9. The van der Waals surface area contributed by atoms with Crippen LogP contribution in [-0.4, -0.2) is 31.8 Å². The molecule has 0 bridgehead atoms. The van der Waals surface area contributed by atoms with Crippen molar-refractivity contribution >= 4 is 41.5 Å². The predicted octanol–water partition coefficient (Wildman–Crippen LogP) is 5.47. The van der Waals surface area contributed by atoms with Crippen LogP contribution in [0.25, 0.3) is 0 Å². The van der Waals surface area contributed by atoms with Gasteiger partial charge in [0.25, 0.3) is 0 Å². The maximum Gasteiger partial charge on any atom is 0.192 e. The van der Waals surface area contributed by atoms with E-state index in [1.807, 2.05) is 24.3 Å². The van der Waals surface area contributed by atoms with Crippen LogP contribution < -0.4 is 10.6 Å². The lowest BCUT2D eigenvalue weighted by Crippen LogP contribution is -2.38. The fraction of sp³-hybridized carbons (Fsp3) is 0.458. The lowest BCUT2D eigenvalue weighted by Gasteiger charge is -2.22. The molecule has 1 aliphatic rings. The van der Waals surface area contributed by atoms with Crippen LogP contribution >= 0.6 is 35.6 Å². The van der Waals surface area contributed by atoms with Crippen molar-refractivity contribution in [1.82, 2.24) is 10.6 Å². The SMILES string of the molecule is CCNC(=NCc1ccc(COC2CCOCC2)cc1)NC(C)c1ccc(Cl)cc1.I. The van der Waals surface area contributed by atoms with Crippen LogP contribution in [0.3, 0.4) is 0 Å². The van der Waals surface area contributed by atoms with Crippen molar-refractivity contribution < 1.29 is 9.47 Å². The van der Waals surface area contributed by atoms with Gasteiger partial charge in [-0.15, -0.1) is 24.0 Å². The Labute approximate surface area is 208 Å². The van der Waals surface area contributed by atoms with Crippen molar-refractivity contribution in [1.29, 1.82) is 0 Å². The Morgan fingerprint density at radius 2 is 1.74 bits per heavy atom. The molecule has 3 rings (SSSR count). The topological polar surface area (TPSA) is 54.9 Å². The zero-order chi connectivity index (χ0) is 21.2. The van der Waals surface area contributed by atoms with E-state index in [9.17, 15) is 0 Å². The van der Waals surface area contributed by atoms with Crippen LogP contribution in [0.15, 0.2) is 53.5 Å². The summed E-state index contributed by atoms with van der Waals surface area (Å²) in [5.74, 6) is 0.798. The summed E-state index contributed by atoms with van der Waals surface area (Å²) in [6.45, 7) is 7.87. The first-order chi connectivity index (χ1) is 14.6. The van der Waals surface area contributed by atoms with Crippen LogP contribution in [0.1, 0.15) is 49.4 Å². The van der Waals surface area contributed by atoms with Gasteiger partial charge in [0.2, 0.25) is 0 Å². The molecule has 0 spiro atoms. The van der Waals surface area contributed by atoms with Gasteiger partial charge in [0.15, 0.2) is 5.96 Å². The highest BCUT2D eigenvalue weighted by Gasteiger charge is 2.14. The third kappa shape index (κ3) is 8.96. The first-order valence-corrected chi connectivity index (χ1v) is 11.1. The van der Waals surface area contributed by atoms with E-state index < -0.39 is 0 Å². The van der Waals surface area contributed by atoms with Crippen molar-refractivity contribution in [2.24, 2.45) is 4.99 Å². The minimum absolute atomic E-state index is 0. The molecule has 0 radical (unpaired) electrons.